The van der Waals surface area contributed by atoms with E-state index < -0.39 is 0 Å². The van der Waals surface area contributed by atoms with Gasteiger partial charge in [0.05, 0.1) is 10.6 Å². The topological polar surface area (TPSA) is 29.5 Å². The highest BCUT2D eigenvalue weighted by Crippen LogP contribution is 2.34. The van der Waals surface area contributed by atoms with Crippen molar-refractivity contribution in [3.8, 4) is 0 Å². The molecule has 0 aliphatic carbocycles. The molecule has 1 aromatic rings. The Balaban J connectivity index is 2.56. The Morgan fingerprint density at radius 2 is 2.13 bits per heavy atom. The second kappa shape index (κ2) is 3.59. The Kier molecular flexibility index (Phi) is 2.40. The van der Waals surface area contributed by atoms with Gasteiger partial charge in [-0.25, -0.2) is 4.79 Å². The minimum atomic E-state index is -0.385. The summed E-state index contributed by atoms with van der Waals surface area (Å²) in [6.07, 6.45) is 1.75. The fourth-order valence-corrected chi connectivity index (χ4v) is 1.72. The Morgan fingerprint density at radius 1 is 1.40 bits per heavy atom. The zero-order valence-corrected chi connectivity index (χ0v) is 9.21. The molecule has 0 saturated heterocycles. The highest BCUT2D eigenvalue weighted by atomic mass is 35.5. The van der Waals surface area contributed by atoms with Crippen molar-refractivity contribution in [2.24, 2.45) is 0 Å². The minimum Gasteiger partial charge on any atom is -0.421 e. The first-order valence-electron chi connectivity index (χ1n) is 4.49. The highest BCUT2D eigenvalue weighted by Gasteiger charge is 2.28. The molecule has 1 aromatic carbocycles. The van der Waals surface area contributed by atoms with E-state index in [1.807, 2.05) is 25.1 Å². The van der Waals surface area contributed by atoms with Gasteiger partial charge in [-0.3, -0.25) is 0 Å². The summed E-state index contributed by atoms with van der Waals surface area (Å²) in [7, 11) is 3.73. The summed E-state index contributed by atoms with van der Waals surface area (Å²) in [4.78, 5) is 13.3. The van der Waals surface area contributed by atoms with Crippen molar-refractivity contribution in [3.63, 3.8) is 0 Å². The van der Waals surface area contributed by atoms with Crippen LogP contribution in [-0.4, -0.2) is 25.0 Å². The third kappa shape index (κ3) is 1.70. The van der Waals surface area contributed by atoms with Crippen LogP contribution >= 0.6 is 11.6 Å². The molecule has 3 nitrogen and oxygen atoms in total. The van der Waals surface area contributed by atoms with Crippen molar-refractivity contribution in [2.75, 3.05) is 14.1 Å². The van der Waals surface area contributed by atoms with E-state index in [1.54, 1.807) is 18.3 Å². The smallest absolute Gasteiger partial charge is 0.345 e. The van der Waals surface area contributed by atoms with Crippen molar-refractivity contribution in [2.45, 2.75) is 0 Å². The van der Waals surface area contributed by atoms with Crippen LogP contribution in [0.25, 0.3) is 5.76 Å². The van der Waals surface area contributed by atoms with E-state index in [9.17, 15) is 4.79 Å². The molecule has 0 amide bonds. The quantitative estimate of drug-likeness (QED) is 0.685. The molecule has 0 atom stereocenters. The molecule has 1 aliphatic heterocycles. The number of carbonyl (C=O) groups excluding carboxylic acids is 1. The van der Waals surface area contributed by atoms with Crippen LogP contribution in [0, 0.1) is 0 Å². The summed E-state index contributed by atoms with van der Waals surface area (Å²) in [5, 5.41) is 0.430. The third-order valence-electron chi connectivity index (χ3n) is 2.06. The van der Waals surface area contributed by atoms with Gasteiger partial charge in [0.1, 0.15) is 0 Å². The van der Waals surface area contributed by atoms with E-state index in [1.165, 1.54) is 0 Å². The van der Waals surface area contributed by atoms with Gasteiger partial charge < -0.3 is 9.64 Å². The van der Waals surface area contributed by atoms with Crippen LogP contribution < -0.4 is 0 Å². The van der Waals surface area contributed by atoms with Crippen molar-refractivity contribution >= 4 is 23.3 Å². The fourth-order valence-electron chi connectivity index (χ4n) is 1.47. The summed E-state index contributed by atoms with van der Waals surface area (Å²) >= 11 is 5.92. The normalized spacial score (nSPS) is 16.5. The number of carbonyl (C=O) groups is 1. The summed E-state index contributed by atoms with van der Waals surface area (Å²) in [6.45, 7) is 0. The molecule has 2 rings (SSSR count). The third-order valence-corrected chi connectivity index (χ3v) is 2.38. The average Bonchev–Trinajstić information content (AvgIpc) is 2.44. The summed E-state index contributed by atoms with van der Waals surface area (Å²) in [5.74, 6) is 0.159. The zero-order chi connectivity index (χ0) is 11.0. The zero-order valence-electron chi connectivity index (χ0n) is 8.45. The maximum Gasteiger partial charge on any atom is 0.345 e. The number of benzene rings is 1. The predicted octanol–water partition coefficient (Wildman–Crippen LogP) is 2.37. The molecule has 0 aromatic heterocycles. The van der Waals surface area contributed by atoms with Gasteiger partial charge in [0, 0.05) is 25.9 Å². The number of hydrogen-bond acceptors (Lipinski definition) is 3. The monoisotopic (exact) mass is 223 g/mol. The minimum absolute atomic E-state index is 0.385. The van der Waals surface area contributed by atoms with E-state index in [0.717, 1.165) is 5.56 Å². The molecule has 1 aliphatic rings. The highest BCUT2D eigenvalue weighted by molar-refractivity contribution is 6.34. The van der Waals surface area contributed by atoms with E-state index in [2.05, 4.69) is 0 Å². The number of rotatable bonds is 1. The predicted molar refractivity (Wildman–Crippen MR) is 58.5 cm³/mol. The lowest BCUT2D eigenvalue weighted by Gasteiger charge is -2.06. The number of esters is 1. The van der Waals surface area contributed by atoms with Crippen molar-refractivity contribution in [3.05, 3.63) is 40.5 Å². The standard InChI is InChI=1S/C11H10ClNO2/c1-13(2)6-9-7-4-3-5-8(12)10(7)11(14)15-9/h3-6H,1-2H3/b9-6+. The lowest BCUT2D eigenvalue weighted by molar-refractivity contribution is 0.0714. The van der Waals surface area contributed by atoms with Crippen LogP contribution in [0.3, 0.4) is 0 Å². The molecule has 0 N–H and O–H groups in total. The molecule has 0 fully saturated rings. The van der Waals surface area contributed by atoms with Gasteiger partial charge in [-0.1, -0.05) is 23.7 Å². The van der Waals surface area contributed by atoms with Gasteiger partial charge >= 0.3 is 5.97 Å². The Hall–Kier alpha value is -1.48. The Labute approximate surface area is 92.9 Å². The van der Waals surface area contributed by atoms with E-state index in [0.29, 0.717) is 16.3 Å². The number of fused-ring (bicyclic) bond motifs is 1. The van der Waals surface area contributed by atoms with Crippen LogP contribution in [0.4, 0.5) is 0 Å². The summed E-state index contributed by atoms with van der Waals surface area (Å²) in [5.41, 5.74) is 1.20. The second-order valence-corrected chi connectivity index (χ2v) is 3.92. The molecule has 0 saturated carbocycles. The van der Waals surface area contributed by atoms with Gasteiger partial charge in [0.2, 0.25) is 0 Å². The first kappa shape index (κ1) is 10.1. The number of nitrogens with zero attached hydrogens (tertiary/aromatic N) is 1. The summed E-state index contributed by atoms with van der Waals surface area (Å²) < 4.78 is 5.12. The lowest BCUT2D eigenvalue weighted by Crippen LogP contribution is -2.02. The maximum absolute atomic E-state index is 11.5. The molecule has 0 unspecified atom stereocenters. The van der Waals surface area contributed by atoms with Gasteiger partial charge in [-0.2, -0.15) is 0 Å². The van der Waals surface area contributed by atoms with Gasteiger partial charge in [0.15, 0.2) is 5.76 Å². The molecule has 78 valence electrons. The molecule has 1 heterocycles. The number of cyclic esters (lactones) is 1. The van der Waals surface area contributed by atoms with Crippen molar-refractivity contribution < 1.29 is 9.53 Å². The van der Waals surface area contributed by atoms with Crippen LogP contribution in [0.2, 0.25) is 5.02 Å². The van der Waals surface area contributed by atoms with Crippen molar-refractivity contribution in [1.82, 2.24) is 4.90 Å². The molecule has 4 heteroatoms. The Morgan fingerprint density at radius 3 is 2.80 bits per heavy atom. The first-order valence-corrected chi connectivity index (χ1v) is 4.86. The molecule has 0 spiro atoms. The van der Waals surface area contributed by atoms with E-state index in [-0.39, 0.29) is 5.97 Å². The van der Waals surface area contributed by atoms with Crippen molar-refractivity contribution in [1.29, 1.82) is 0 Å². The van der Waals surface area contributed by atoms with Gasteiger partial charge in [0.25, 0.3) is 0 Å². The molecule has 0 radical (unpaired) electrons. The van der Waals surface area contributed by atoms with E-state index in [4.69, 9.17) is 16.3 Å². The molecular formula is C11H10ClNO2. The molecule has 15 heavy (non-hydrogen) atoms. The first-order chi connectivity index (χ1) is 7.09. The van der Waals surface area contributed by atoms with Gasteiger partial charge in [-0.05, 0) is 6.07 Å². The maximum atomic E-state index is 11.5. The SMILES string of the molecule is CN(C)/C=C1/OC(=O)c2c(Cl)cccc21. The second-order valence-electron chi connectivity index (χ2n) is 3.51. The van der Waals surface area contributed by atoms with Crippen LogP contribution in [0.1, 0.15) is 15.9 Å². The summed E-state index contributed by atoms with van der Waals surface area (Å²) in [6, 6.07) is 5.30. The number of ether oxygens (including phenoxy) is 1. The molecule has 0 bridgehead atoms. The van der Waals surface area contributed by atoms with Crippen LogP contribution in [-0.2, 0) is 4.74 Å². The fraction of sp³-hybridized carbons (Fsp3) is 0.182. The van der Waals surface area contributed by atoms with Crippen LogP contribution in [0.15, 0.2) is 24.4 Å². The van der Waals surface area contributed by atoms with E-state index >= 15 is 0 Å². The van der Waals surface area contributed by atoms with Gasteiger partial charge in [-0.15, -0.1) is 0 Å². The number of halogens is 1. The molecular weight excluding hydrogens is 214 g/mol. The van der Waals surface area contributed by atoms with Crippen LogP contribution in [0.5, 0.6) is 0 Å². The number of hydrogen-bond donors (Lipinski definition) is 0. The average molecular weight is 224 g/mol. The Bertz CT molecular complexity index is 452. The lowest BCUT2D eigenvalue weighted by atomic mass is 10.1. The largest absolute Gasteiger partial charge is 0.421 e.